The van der Waals surface area contributed by atoms with Crippen molar-refractivity contribution in [2.45, 2.75) is 6.92 Å². The highest BCUT2D eigenvalue weighted by atomic mass is 16.5. The van der Waals surface area contributed by atoms with Gasteiger partial charge in [-0.25, -0.2) is 0 Å². The number of aryl methyl sites for hydroxylation is 1. The van der Waals surface area contributed by atoms with Gasteiger partial charge in [0, 0.05) is 24.3 Å². The van der Waals surface area contributed by atoms with Crippen LogP contribution < -0.4 is 4.90 Å². The van der Waals surface area contributed by atoms with Crippen LogP contribution in [0.3, 0.4) is 0 Å². The van der Waals surface area contributed by atoms with E-state index >= 15 is 0 Å². The predicted octanol–water partition coefficient (Wildman–Crippen LogP) is 3.50. The molecular formula is C17H19NO. The molecule has 1 aliphatic rings. The van der Waals surface area contributed by atoms with Crippen LogP contribution in [0.5, 0.6) is 0 Å². The molecule has 2 heteroatoms. The zero-order valence-electron chi connectivity index (χ0n) is 11.3. The Hall–Kier alpha value is -1.80. The Balaban J connectivity index is 2.04. The summed E-state index contributed by atoms with van der Waals surface area (Å²) in [6, 6.07) is 17.2. The largest absolute Gasteiger partial charge is 0.378 e. The zero-order valence-corrected chi connectivity index (χ0v) is 11.3. The molecule has 1 aliphatic heterocycles. The number of anilines is 1. The fraction of sp³-hybridized carbons (Fsp3) is 0.294. The molecule has 2 nitrogen and oxygen atoms in total. The van der Waals surface area contributed by atoms with Crippen molar-refractivity contribution in [2.75, 3.05) is 31.2 Å². The first-order valence-electron chi connectivity index (χ1n) is 6.84. The average Bonchev–Trinajstić information content (AvgIpc) is 2.49. The zero-order chi connectivity index (χ0) is 13.1. The third-order valence-electron chi connectivity index (χ3n) is 3.69. The molecule has 0 radical (unpaired) electrons. The molecule has 3 rings (SSSR count). The van der Waals surface area contributed by atoms with Crippen LogP contribution in [0.2, 0.25) is 0 Å². The van der Waals surface area contributed by atoms with Gasteiger partial charge in [-0.05, 0) is 24.1 Å². The van der Waals surface area contributed by atoms with Gasteiger partial charge in [0.1, 0.15) is 0 Å². The van der Waals surface area contributed by atoms with Gasteiger partial charge >= 0.3 is 0 Å². The van der Waals surface area contributed by atoms with Gasteiger partial charge in [0.05, 0.1) is 13.2 Å². The number of hydrogen-bond donors (Lipinski definition) is 0. The van der Waals surface area contributed by atoms with Crippen LogP contribution in [0.25, 0.3) is 11.1 Å². The quantitative estimate of drug-likeness (QED) is 0.812. The molecule has 98 valence electrons. The van der Waals surface area contributed by atoms with Crippen molar-refractivity contribution >= 4 is 5.69 Å². The van der Waals surface area contributed by atoms with Gasteiger partial charge in [-0.1, -0.05) is 42.5 Å². The lowest BCUT2D eigenvalue weighted by Gasteiger charge is -2.31. The normalized spacial score (nSPS) is 15.5. The third-order valence-corrected chi connectivity index (χ3v) is 3.69. The molecular weight excluding hydrogens is 234 g/mol. The molecule has 19 heavy (non-hydrogen) atoms. The minimum absolute atomic E-state index is 0.822. The summed E-state index contributed by atoms with van der Waals surface area (Å²) in [5.41, 5.74) is 5.29. The number of nitrogens with zero attached hydrogens (tertiary/aromatic N) is 1. The van der Waals surface area contributed by atoms with E-state index < -0.39 is 0 Å². The Kier molecular flexibility index (Phi) is 3.51. The Bertz CT molecular complexity index is 559. The van der Waals surface area contributed by atoms with E-state index in [1.165, 1.54) is 22.4 Å². The molecule has 0 spiro atoms. The number of para-hydroxylation sites is 1. The first kappa shape index (κ1) is 12.2. The number of morpholine rings is 1. The molecule has 2 aromatic rings. The first-order valence-corrected chi connectivity index (χ1v) is 6.84. The minimum Gasteiger partial charge on any atom is -0.378 e. The van der Waals surface area contributed by atoms with Crippen LogP contribution in [0, 0.1) is 6.92 Å². The van der Waals surface area contributed by atoms with Gasteiger partial charge < -0.3 is 9.64 Å². The van der Waals surface area contributed by atoms with Crippen LogP contribution in [0.4, 0.5) is 5.69 Å². The van der Waals surface area contributed by atoms with Crippen molar-refractivity contribution in [3.05, 3.63) is 54.1 Å². The molecule has 0 aromatic heterocycles. The van der Waals surface area contributed by atoms with Crippen molar-refractivity contribution in [1.82, 2.24) is 0 Å². The van der Waals surface area contributed by atoms with E-state index in [1.807, 2.05) is 0 Å². The van der Waals surface area contributed by atoms with Gasteiger partial charge in [0.2, 0.25) is 0 Å². The predicted molar refractivity (Wildman–Crippen MR) is 79.6 cm³/mol. The molecule has 0 unspecified atom stereocenters. The van der Waals surface area contributed by atoms with Gasteiger partial charge in [0.25, 0.3) is 0 Å². The van der Waals surface area contributed by atoms with Crippen LogP contribution >= 0.6 is 0 Å². The molecule has 2 aromatic carbocycles. The molecule has 0 saturated carbocycles. The van der Waals surface area contributed by atoms with Gasteiger partial charge in [-0.3, -0.25) is 0 Å². The van der Waals surface area contributed by atoms with Crippen molar-refractivity contribution in [1.29, 1.82) is 0 Å². The van der Waals surface area contributed by atoms with E-state index in [4.69, 9.17) is 4.74 Å². The minimum atomic E-state index is 0.822. The molecule has 1 fully saturated rings. The molecule has 0 bridgehead atoms. The maximum atomic E-state index is 5.45. The van der Waals surface area contributed by atoms with E-state index in [-0.39, 0.29) is 0 Å². The van der Waals surface area contributed by atoms with Crippen molar-refractivity contribution in [2.24, 2.45) is 0 Å². The number of benzene rings is 2. The van der Waals surface area contributed by atoms with Gasteiger partial charge in [-0.15, -0.1) is 0 Å². The van der Waals surface area contributed by atoms with Crippen molar-refractivity contribution in [3.8, 4) is 11.1 Å². The lowest BCUT2D eigenvalue weighted by atomic mass is 9.98. The SMILES string of the molecule is Cc1ccccc1-c1ccccc1N1CCOCC1. The lowest BCUT2D eigenvalue weighted by Crippen LogP contribution is -2.36. The van der Waals surface area contributed by atoms with Crippen LogP contribution in [0.15, 0.2) is 48.5 Å². The van der Waals surface area contributed by atoms with Gasteiger partial charge in [0.15, 0.2) is 0 Å². The second kappa shape index (κ2) is 5.45. The summed E-state index contributed by atoms with van der Waals surface area (Å²) in [4.78, 5) is 2.42. The second-order valence-electron chi connectivity index (χ2n) is 4.93. The van der Waals surface area contributed by atoms with E-state index in [2.05, 4.69) is 60.4 Å². The highest BCUT2D eigenvalue weighted by Gasteiger charge is 2.15. The molecule has 0 amide bonds. The second-order valence-corrected chi connectivity index (χ2v) is 4.93. The standard InChI is InChI=1S/C17H19NO/c1-14-6-2-3-7-15(14)16-8-4-5-9-17(16)18-10-12-19-13-11-18/h2-9H,10-13H2,1H3. The van der Waals surface area contributed by atoms with Crippen LogP contribution in [0.1, 0.15) is 5.56 Å². The van der Waals surface area contributed by atoms with Crippen LogP contribution in [-0.4, -0.2) is 26.3 Å². The topological polar surface area (TPSA) is 12.5 Å². The number of rotatable bonds is 2. The molecule has 0 N–H and O–H groups in total. The van der Waals surface area contributed by atoms with E-state index in [0.29, 0.717) is 0 Å². The molecule has 1 heterocycles. The average molecular weight is 253 g/mol. The van der Waals surface area contributed by atoms with Gasteiger partial charge in [-0.2, -0.15) is 0 Å². The highest BCUT2D eigenvalue weighted by Crippen LogP contribution is 2.32. The molecule has 0 aliphatic carbocycles. The van der Waals surface area contributed by atoms with E-state index in [1.54, 1.807) is 0 Å². The Morgan fingerprint density at radius 3 is 2.21 bits per heavy atom. The van der Waals surface area contributed by atoms with E-state index in [9.17, 15) is 0 Å². The summed E-state index contributed by atoms with van der Waals surface area (Å²) in [5.74, 6) is 0. The molecule has 0 atom stereocenters. The monoisotopic (exact) mass is 253 g/mol. The van der Waals surface area contributed by atoms with Crippen molar-refractivity contribution < 1.29 is 4.74 Å². The smallest absolute Gasteiger partial charge is 0.0642 e. The molecule has 1 saturated heterocycles. The Labute approximate surface area is 114 Å². The fourth-order valence-corrected chi connectivity index (χ4v) is 2.66. The number of ether oxygens (including phenoxy) is 1. The number of hydrogen-bond acceptors (Lipinski definition) is 2. The first-order chi connectivity index (χ1) is 9.36. The maximum Gasteiger partial charge on any atom is 0.0642 e. The van der Waals surface area contributed by atoms with Crippen LogP contribution in [-0.2, 0) is 4.74 Å². The lowest BCUT2D eigenvalue weighted by molar-refractivity contribution is 0.123. The summed E-state index contributed by atoms with van der Waals surface area (Å²) in [6.07, 6.45) is 0. The Morgan fingerprint density at radius 1 is 0.842 bits per heavy atom. The summed E-state index contributed by atoms with van der Waals surface area (Å²) in [7, 11) is 0. The highest BCUT2D eigenvalue weighted by molar-refractivity contribution is 5.80. The fourth-order valence-electron chi connectivity index (χ4n) is 2.66. The summed E-state index contributed by atoms with van der Waals surface area (Å²) in [6.45, 7) is 5.77. The summed E-state index contributed by atoms with van der Waals surface area (Å²) >= 11 is 0. The Morgan fingerprint density at radius 2 is 1.47 bits per heavy atom. The summed E-state index contributed by atoms with van der Waals surface area (Å²) in [5, 5.41) is 0. The third kappa shape index (κ3) is 2.49. The maximum absolute atomic E-state index is 5.45. The summed E-state index contributed by atoms with van der Waals surface area (Å²) < 4.78 is 5.45. The van der Waals surface area contributed by atoms with Crippen molar-refractivity contribution in [3.63, 3.8) is 0 Å². The van der Waals surface area contributed by atoms with E-state index in [0.717, 1.165) is 26.3 Å².